The van der Waals surface area contributed by atoms with Crippen LogP contribution in [0.2, 0.25) is 0 Å². The first kappa shape index (κ1) is 16.9. The summed E-state index contributed by atoms with van der Waals surface area (Å²) in [6.07, 6.45) is 1.61. The Morgan fingerprint density at radius 3 is 2.40 bits per heavy atom. The van der Waals surface area contributed by atoms with Crippen molar-refractivity contribution < 1.29 is 27.5 Å². The lowest BCUT2D eigenvalue weighted by Crippen LogP contribution is -2.41. The van der Waals surface area contributed by atoms with Crippen molar-refractivity contribution in [1.82, 2.24) is 4.31 Å². The standard InChI is InChI=1S/C12H21NO6S/c1-13(8-7-11(14)18-2)20(16,17)10-6-4-5-9(10)12(15)19-3/h9-10H,4-8H2,1-3H3. The first-order valence-corrected chi connectivity index (χ1v) is 7.94. The molecule has 0 amide bonds. The lowest BCUT2D eigenvalue weighted by atomic mass is 10.1. The SMILES string of the molecule is COC(=O)CCN(C)S(=O)(=O)C1CCCC1C(=O)OC. The van der Waals surface area contributed by atoms with Crippen molar-refractivity contribution in [3.8, 4) is 0 Å². The van der Waals surface area contributed by atoms with E-state index in [9.17, 15) is 18.0 Å². The van der Waals surface area contributed by atoms with Gasteiger partial charge in [0.15, 0.2) is 0 Å². The molecule has 0 bridgehead atoms. The average molecular weight is 307 g/mol. The third-order valence-electron chi connectivity index (χ3n) is 3.63. The molecule has 0 spiro atoms. The molecule has 116 valence electrons. The molecule has 1 aliphatic rings. The molecule has 8 heteroatoms. The molecule has 1 saturated carbocycles. The minimum atomic E-state index is -3.62. The first-order chi connectivity index (χ1) is 9.34. The van der Waals surface area contributed by atoms with Crippen LogP contribution in [0.4, 0.5) is 0 Å². The van der Waals surface area contributed by atoms with E-state index >= 15 is 0 Å². The maximum atomic E-state index is 12.4. The van der Waals surface area contributed by atoms with E-state index in [0.717, 1.165) is 4.31 Å². The Morgan fingerprint density at radius 2 is 1.85 bits per heavy atom. The normalized spacial score (nSPS) is 22.8. The zero-order chi connectivity index (χ0) is 15.3. The number of sulfonamides is 1. The van der Waals surface area contributed by atoms with Gasteiger partial charge in [0, 0.05) is 13.6 Å². The Bertz CT molecular complexity index is 461. The van der Waals surface area contributed by atoms with Gasteiger partial charge in [-0.25, -0.2) is 12.7 Å². The van der Waals surface area contributed by atoms with Gasteiger partial charge in [-0.3, -0.25) is 9.59 Å². The van der Waals surface area contributed by atoms with Crippen LogP contribution in [0.3, 0.4) is 0 Å². The van der Waals surface area contributed by atoms with E-state index in [-0.39, 0.29) is 13.0 Å². The monoisotopic (exact) mass is 307 g/mol. The number of carbonyl (C=O) groups is 2. The first-order valence-electron chi connectivity index (χ1n) is 6.44. The Morgan fingerprint density at radius 1 is 1.20 bits per heavy atom. The molecule has 0 aromatic heterocycles. The molecule has 0 saturated heterocycles. The van der Waals surface area contributed by atoms with Crippen molar-refractivity contribution in [2.24, 2.45) is 5.92 Å². The predicted octanol–water partition coefficient (Wildman–Crippen LogP) is 0.153. The van der Waals surface area contributed by atoms with Crippen LogP contribution in [0.1, 0.15) is 25.7 Å². The number of rotatable bonds is 6. The highest BCUT2D eigenvalue weighted by molar-refractivity contribution is 7.89. The second-order valence-electron chi connectivity index (χ2n) is 4.79. The van der Waals surface area contributed by atoms with Gasteiger partial charge < -0.3 is 9.47 Å². The van der Waals surface area contributed by atoms with Crippen molar-refractivity contribution in [3.05, 3.63) is 0 Å². The van der Waals surface area contributed by atoms with E-state index < -0.39 is 33.1 Å². The maximum absolute atomic E-state index is 12.4. The summed E-state index contributed by atoms with van der Waals surface area (Å²) in [5.74, 6) is -1.58. The van der Waals surface area contributed by atoms with Gasteiger partial charge in [-0.1, -0.05) is 6.42 Å². The van der Waals surface area contributed by atoms with E-state index in [1.165, 1.54) is 21.3 Å². The molecule has 1 rings (SSSR count). The molecule has 0 N–H and O–H groups in total. The number of nitrogens with zero attached hydrogens (tertiary/aromatic N) is 1. The molecule has 1 aliphatic carbocycles. The Labute approximate surface area is 119 Å². The molecule has 0 heterocycles. The van der Waals surface area contributed by atoms with Crippen LogP contribution in [-0.4, -0.2) is 57.7 Å². The van der Waals surface area contributed by atoms with Gasteiger partial charge in [-0.15, -0.1) is 0 Å². The quantitative estimate of drug-likeness (QED) is 0.649. The lowest BCUT2D eigenvalue weighted by Gasteiger charge is -2.24. The van der Waals surface area contributed by atoms with E-state index in [1.807, 2.05) is 0 Å². The molecule has 7 nitrogen and oxygen atoms in total. The summed E-state index contributed by atoms with van der Waals surface area (Å²) < 4.78 is 35.1. The highest BCUT2D eigenvalue weighted by Crippen LogP contribution is 2.33. The van der Waals surface area contributed by atoms with Crippen molar-refractivity contribution >= 4 is 22.0 Å². The topological polar surface area (TPSA) is 90.0 Å². The van der Waals surface area contributed by atoms with Gasteiger partial charge >= 0.3 is 11.9 Å². The molecule has 2 atom stereocenters. The molecule has 1 fully saturated rings. The highest BCUT2D eigenvalue weighted by Gasteiger charge is 2.43. The fraction of sp³-hybridized carbons (Fsp3) is 0.833. The largest absolute Gasteiger partial charge is 0.469 e. The van der Waals surface area contributed by atoms with Gasteiger partial charge in [0.05, 0.1) is 31.8 Å². The molecular weight excluding hydrogens is 286 g/mol. The van der Waals surface area contributed by atoms with Gasteiger partial charge in [0.25, 0.3) is 0 Å². The summed E-state index contributed by atoms with van der Waals surface area (Å²) in [7, 11) is 0.292. The van der Waals surface area contributed by atoms with Crippen LogP contribution in [-0.2, 0) is 29.1 Å². The number of carbonyl (C=O) groups excluding carboxylic acids is 2. The smallest absolute Gasteiger partial charge is 0.310 e. The molecule has 0 radical (unpaired) electrons. The highest BCUT2D eigenvalue weighted by atomic mass is 32.2. The summed E-state index contributed by atoms with van der Waals surface area (Å²) in [6.45, 7) is 0.0411. The van der Waals surface area contributed by atoms with E-state index in [4.69, 9.17) is 0 Å². The third-order valence-corrected chi connectivity index (χ3v) is 6.01. The van der Waals surface area contributed by atoms with Gasteiger partial charge in [-0.2, -0.15) is 0 Å². The van der Waals surface area contributed by atoms with Crippen LogP contribution < -0.4 is 0 Å². The predicted molar refractivity (Wildman–Crippen MR) is 71.3 cm³/mol. The maximum Gasteiger partial charge on any atom is 0.310 e. The Hall–Kier alpha value is -1.15. The zero-order valence-corrected chi connectivity index (χ0v) is 12.8. The van der Waals surface area contributed by atoms with Crippen molar-refractivity contribution in [3.63, 3.8) is 0 Å². The van der Waals surface area contributed by atoms with Crippen LogP contribution >= 0.6 is 0 Å². The van der Waals surface area contributed by atoms with E-state index in [2.05, 4.69) is 9.47 Å². The minimum Gasteiger partial charge on any atom is -0.469 e. The van der Waals surface area contributed by atoms with Crippen LogP contribution in [0.15, 0.2) is 0 Å². The second kappa shape index (κ2) is 7.03. The molecular formula is C12H21NO6S. The molecule has 0 aliphatic heterocycles. The summed E-state index contributed by atoms with van der Waals surface area (Å²) in [6, 6.07) is 0. The fourth-order valence-corrected chi connectivity index (χ4v) is 4.35. The Kier molecular flexibility index (Phi) is 5.94. The van der Waals surface area contributed by atoms with Crippen LogP contribution in [0, 0.1) is 5.92 Å². The average Bonchev–Trinajstić information content (AvgIpc) is 2.93. The summed E-state index contributed by atoms with van der Waals surface area (Å²) in [5.41, 5.74) is 0. The number of hydrogen-bond donors (Lipinski definition) is 0. The number of hydrogen-bond acceptors (Lipinski definition) is 6. The number of methoxy groups -OCH3 is 2. The van der Waals surface area contributed by atoms with Gasteiger partial charge in [0.1, 0.15) is 0 Å². The summed E-state index contributed by atoms with van der Waals surface area (Å²) >= 11 is 0. The zero-order valence-electron chi connectivity index (χ0n) is 12.0. The Balaban J connectivity index is 2.76. The number of ether oxygens (including phenoxy) is 2. The fourth-order valence-electron chi connectivity index (χ4n) is 2.41. The molecule has 20 heavy (non-hydrogen) atoms. The lowest BCUT2D eigenvalue weighted by molar-refractivity contribution is -0.145. The van der Waals surface area contributed by atoms with Crippen molar-refractivity contribution in [1.29, 1.82) is 0 Å². The van der Waals surface area contributed by atoms with E-state index in [0.29, 0.717) is 19.3 Å². The van der Waals surface area contributed by atoms with Crippen molar-refractivity contribution in [2.45, 2.75) is 30.9 Å². The van der Waals surface area contributed by atoms with Crippen molar-refractivity contribution in [2.75, 3.05) is 27.8 Å². The number of esters is 2. The summed E-state index contributed by atoms with van der Waals surface area (Å²) in [5, 5.41) is -0.766. The van der Waals surface area contributed by atoms with Crippen LogP contribution in [0.5, 0.6) is 0 Å². The van der Waals surface area contributed by atoms with Gasteiger partial charge in [-0.05, 0) is 12.8 Å². The van der Waals surface area contributed by atoms with Gasteiger partial charge in [0.2, 0.25) is 10.0 Å². The summed E-state index contributed by atoms with van der Waals surface area (Å²) in [4.78, 5) is 22.7. The molecule has 0 aromatic carbocycles. The molecule has 0 aromatic rings. The minimum absolute atomic E-state index is 0.0121. The third kappa shape index (κ3) is 3.69. The van der Waals surface area contributed by atoms with Crippen LogP contribution in [0.25, 0.3) is 0 Å². The second-order valence-corrected chi connectivity index (χ2v) is 7.05. The van der Waals surface area contributed by atoms with E-state index in [1.54, 1.807) is 0 Å². The molecule has 2 unspecified atom stereocenters.